The average molecular weight is 306 g/mol. The highest BCUT2D eigenvalue weighted by molar-refractivity contribution is 5.96. The van der Waals surface area contributed by atoms with Crippen LogP contribution in [0.25, 0.3) is 0 Å². The molecule has 0 saturated heterocycles. The van der Waals surface area contributed by atoms with Crippen molar-refractivity contribution in [2.45, 2.75) is 46.6 Å². The van der Waals surface area contributed by atoms with Crippen molar-refractivity contribution in [3.8, 4) is 0 Å². The molecule has 0 atom stereocenters. The highest BCUT2D eigenvalue weighted by Crippen LogP contribution is 2.22. The van der Waals surface area contributed by atoms with E-state index in [2.05, 4.69) is 5.32 Å². The minimum absolute atomic E-state index is 0.0241. The number of hydrogen-bond donors (Lipinski definition) is 2. The van der Waals surface area contributed by atoms with Crippen molar-refractivity contribution in [2.24, 2.45) is 5.41 Å². The second kappa shape index (κ2) is 6.81. The Morgan fingerprint density at radius 2 is 1.64 bits per heavy atom. The molecule has 0 spiro atoms. The number of nitrogens with one attached hydrogen (secondary N) is 1. The first kappa shape index (κ1) is 18.0. The Kier molecular flexibility index (Phi) is 5.58. The zero-order valence-corrected chi connectivity index (χ0v) is 14.0. The lowest BCUT2D eigenvalue weighted by atomic mass is 9.85. The first-order valence-corrected chi connectivity index (χ1v) is 7.34. The number of nitrogens with two attached hydrogens (primary N) is 1. The fraction of sp³-hybridized carbons (Fsp3) is 0.529. The van der Waals surface area contributed by atoms with E-state index in [0.717, 1.165) is 0 Å². The molecule has 0 aromatic heterocycles. The molecule has 0 radical (unpaired) electrons. The largest absolute Gasteiger partial charge is 0.444 e. The maximum absolute atomic E-state index is 12.3. The van der Waals surface area contributed by atoms with Crippen LogP contribution in [0.1, 0.15) is 51.4 Å². The fourth-order valence-electron chi connectivity index (χ4n) is 1.89. The molecule has 0 aliphatic carbocycles. The van der Waals surface area contributed by atoms with Crippen LogP contribution in [0.4, 0.5) is 10.5 Å². The molecule has 22 heavy (non-hydrogen) atoms. The number of carbonyl (C=O) groups excluding carboxylic acids is 2. The number of ether oxygens (including phenoxy) is 1. The average Bonchev–Trinajstić information content (AvgIpc) is 2.35. The number of hydrogen-bond acceptors (Lipinski definition) is 4. The van der Waals surface area contributed by atoms with E-state index >= 15 is 0 Å². The molecule has 0 aliphatic rings. The van der Waals surface area contributed by atoms with Crippen molar-refractivity contribution < 1.29 is 14.3 Å². The maximum Gasteiger partial charge on any atom is 0.407 e. The molecule has 122 valence electrons. The van der Waals surface area contributed by atoms with Crippen LogP contribution < -0.4 is 11.1 Å². The Labute approximate surface area is 132 Å². The van der Waals surface area contributed by atoms with Crippen LogP contribution in [0.15, 0.2) is 24.3 Å². The third-order valence-corrected chi connectivity index (χ3v) is 2.98. The molecule has 0 fully saturated rings. The van der Waals surface area contributed by atoms with E-state index in [1.54, 1.807) is 24.3 Å². The number of alkyl carbamates (subject to hydrolysis) is 1. The number of benzene rings is 1. The molecular weight excluding hydrogens is 280 g/mol. The Balaban J connectivity index is 2.54. The number of nitrogen functional groups attached to an aromatic ring is 1. The third kappa shape index (κ3) is 6.61. The normalized spacial score (nSPS) is 11.9. The van der Waals surface area contributed by atoms with Gasteiger partial charge in [-0.05, 0) is 50.5 Å². The van der Waals surface area contributed by atoms with Crippen molar-refractivity contribution in [3.05, 3.63) is 29.8 Å². The van der Waals surface area contributed by atoms with Crippen LogP contribution in [0, 0.1) is 5.41 Å². The van der Waals surface area contributed by atoms with Gasteiger partial charge >= 0.3 is 6.09 Å². The summed E-state index contributed by atoms with van der Waals surface area (Å²) in [4.78, 5) is 23.9. The molecule has 0 bridgehead atoms. The molecule has 1 aromatic rings. The second-order valence-electron chi connectivity index (χ2n) is 7.24. The SMILES string of the molecule is CC(C)(CNC(=O)OC(C)(C)C)CC(=O)c1ccc(N)cc1. The summed E-state index contributed by atoms with van der Waals surface area (Å²) in [5, 5.41) is 2.71. The van der Waals surface area contributed by atoms with E-state index in [1.165, 1.54) is 0 Å². The van der Waals surface area contributed by atoms with Gasteiger partial charge in [-0.3, -0.25) is 4.79 Å². The predicted octanol–water partition coefficient (Wildman–Crippen LogP) is 3.39. The molecular formula is C17H26N2O3. The molecule has 1 aromatic carbocycles. The third-order valence-electron chi connectivity index (χ3n) is 2.98. The highest BCUT2D eigenvalue weighted by Gasteiger charge is 2.25. The zero-order chi connectivity index (χ0) is 17.0. The van der Waals surface area contributed by atoms with Gasteiger partial charge in [-0.1, -0.05) is 13.8 Å². The molecule has 1 amide bonds. The lowest BCUT2D eigenvalue weighted by molar-refractivity contribution is 0.0500. The molecule has 0 heterocycles. The van der Waals surface area contributed by atoms with Crippen molar-refractivity contribution >= 4 is 17.6 Å². The number of ketones is 1. The summed E-state index contributed by atoms with van der Waals surface area (Å²) in [7, 11) is 0. The van der Waals surface area contributed by atoms with Gasteiger partial charge < -0.3 is 15.8 Å². The lowest BCUT2D eigenvalue weighted by Gasteiger charge is -2.26. The molecule has 0 aliphatic heterocycles. The van der Waals surface area contributed by atoms with Crippen LogP contribution in [-0.4, -0.2) is 24.0 Å². The zero-order valence-electron chi connectivity index (χ0n) is 14.0. The minimum Gasteiger partial charge on any atom is -0.444 e. The van der Waals surface area contributed by atoms with Gasteiger partial charge in [-0.2, -0.15) is 0 Å². The standard InChI is InChI=1S/C17H26N2O3/c1-16(2,3)22-15(21)19-11-17(4,5)10-14(20)12-6-8-13(18)9-7-12/h6-9H,10-11,18H2,1-5H3,(H,19,21). The predicted molar refractivity (Wildman–Crippen MR) is 87.8 cm³/mol. The van der Waals surface area contributed by atoms with Crippen molar-refractivity contribution in [2.75, 3.05) is 12.3 Å². The number of anilines is 1. The monoisotopic (exact) mass is 306 g/mol. The Bertz CT molecular complexity index is 528. The quantitative estimate of drug-likeness (QED) is 0.645. The Morgan fingerprint density at radius 1 is 1.09 bits per heavy atom. The summed E-state index contributed by atoms with van der Waals surface area (Å²) in [6.07, 6.45) is -0.146. The van der Waals surface area contributed by atoms with Gasteiger partial charge in [-0.15, -0.1) is 0 Å². The fourth-order valence-corrected chi connectivity index (χ4v) is 1.89. The maximum atomic E-state index is 12.3. The van der Waals surface area contributed by atoms with Crippen molar-refractivity contribution in [1.82, 2.24) is 5.32 Å². The first-order valence-electron chi connectivity index (χ1n) is 7.34. The number of amides is 1. The van der Waals surface area contributed by atoms with Gasteiger partial charge in [0.1, 0.15) is 5.60 Å². The van der Waals surface area contributed by atoms with Crippen LogP contribution in [-0.2, 0) is 4.74 Å². The van der Waals surface area contributed by atoms with Crippen molar-refractivity contribution in [3.63, 3.8) is 0 Å². The van der Waals surface area contributed by atoms with Crippen molar-refractivity contribution in [1.29, 1.82) is 0 Å². The molecule has 1 rings (SSSR count). The smallest absolute Gasteiger partial charge is 0.407 e. The van der Waals surface area contributed by atoms with Gasteiger partial charge in [0, 0.05) is 24.2 Å². The molecule has 0 unspecified atom stereocenters. The summed E-state index contributed by atoms with van der Waals surface area (Å²) in [6.45, 7) is 9.65. The van der Waals surface area contributed by atoms with E-state index in [-0.39, 0.29) is 11.2 Å². The van der Waals surface area contributed by atoms with Crippen LogP contribution in [0.2, 0.25) is 0 Å². The number of Topliss-reactive ketones (excluding diaryl/α,β-unsaturated/α-hetero) is 1. The van der Waals surface area contributed by atoms with Gasteiger partial charge in [0.15, 0.2) is 5.78 Å². The molecule has 5 nitrogen and oxygen atoms in total. The number of carbonyl (C=O) groups is 2. The second-order valence-corrected chi connectivity index (χ2v) is 7.24. The summed E-state index contributed by atoms with van der Waals surface area (Å²) >= 11 is 0. The van der Waals surface area contributed by atoms with Crippen LogP contribution >= 0.6 is 0 Å². The highest BCUT2D eigenvalue weighted by atomic mass is 16.6. The number of rotatable bonds is 5. The van der Waals surface area contributed by atoms with Gasteiger partial charge in [-0.25, -0.2) is 4.79 Å². The van der Waals surface area contributed by atoms with E-state index in [0.29, 0.717) is 24.2 Å². The summed E-state index contributed by atoms with van der Waals surface area (Å²) in [5.41, 5.74) is 5.97. The molecule has 5 heteroatoms. The summed E-state index contributed by atoms with van der Waals surface area (Å²) in [6, 6.07) is 6.85. The molecule has 3 N–H and O–H groups in total. The van der Waals surface area contributed by atoms with E-state index in [9.17, 15) is 9.59 Å². The van der Waals surface area contributed by atoms with Gasteiger partial charge in [0.2, 0.25) is 0 Å². The van der Waals surface area contributed by atoms with Gasteiger partial charge in [0.05, 0.1) is 0 Å². The van der Waals surface area contributed by atoms with Gasteiger partial charge in [0.25, 0.3) is 0 Å². The van der Waals surface area contributed by atoms with Crippen LogP contribution in [0.3, 0.4) is 0 Å². The Morgan fingerprint density at radius 3 is 2.14 bits per heavy atom. The van der Waals surface area contributed by atoms with E-state index < -0.39 is 11.7 Å². The topological polar surface area (TPSA) is 81.4 Å². The van der Waals surface area contributed by atoms with Crippen LogP contribution in [0.5, 0.6) is 0 Å². The van der Waals surface area contributed by atoms with E-state index in [4.69, 9.17) is 10.5 Å². The molecule has 0 saturated carbocycles. The first-order chi connectivity index (χ1) is 9.98. The minimum atomic E-state index is -0.534. The van der Waals surface area contributed by atoms with E-state index in [1.807, 2.05) is 34.6 Å². The Hall–Kier alpha value is -2.04. The summed E-state index contributed by atoms with van der Waals surface area (Å²) < 4.78 is 5.19. The summed E-state index contributed by atoms with van der Waals surface area (Å²) in [5.74, 6) is 0.0241. The lowest BCUT2D eigenvalue weighted by Crippen LogP contribution is -2.38.